The van der Waals surface area contributed by atoms with Crippen LogP contribution in [0.25, 0.3) is 6.08 Å². The van der Waals surface area contributed by atoms with Gasteiger partial charge in [-0.2, -0.15) is 0 Å². The van der Waals surface area contributed by atoms with E-state index in [9.17, 15) is 14.4 Å². The number of rotatable bonds is 8. The van der Waals surface area contributed by atoms with Crippen LogP contribution in [0.1, 0.15) is 25.8 Å². The van der Waals surface area contributed by atoms with E-state index in [-0.39, 0.29) is 12.7 Å². The average Bonchev–Trinajstić information content (AvgIpc) is 3.10. The normalized spacial score (nSPS) is 13.5. The number of fused-ring (bicyclic) bond motifs is 1. The molecule has 1 amide bonds. The van der Waals surface area contributed by atoms with Crippen molar-refractivity contribution in [2.45, 2.75) is 26.3 Å². The van der Waals surface area contributed by atoms with E-state index in [1.807, 2.05) is 13.8 Å². The molecule has 0 saturated heterocycles. The second-order valence-corrected chi connectivity index (χ2v) is 6.33. The molecule has 0 unspecified atom stereocenters. The molecule has 0 saturated carbocycles. The summed E-state index contributed by atoms with van der Waals surface area (Å²) in [5.74, 6) is -0.360. The van der Waals surface area contributed by atoms with Crippen LogP contribution in [-0.2, 0) is 23.9 Å². The Morgan fingerprint density at radius 3 is 2.67 bits per heavy atom. The maximum atomic E-state index is 11.9. The first-order chi connectivity index (χ1) is 12.9. The molecule has 0 spiro atoms. The molecule has 0 aromatic heterocycles. The first-order valence-corrected chi connectivity index (χ1v) is 8.50. The summed E-state index contributed by atoms with van der Waals surface area (Å²) in [7, 11) is 1.25. The van der Waals surface area contributed by atoms with Gasteiger partial charge in [0.2, 0.25) is 6.79 Å². The quantitative estimate of drug-likeness (QED) is 0.543. The molecular formula is C19H23NO7. The van der Waals surface area contributed by atoms with Crippen LogP contribution >= 0.6 is 0 Å². The first-order valence-electron chi connectivity index (χ1n) is 8.50. The lowest BCUT2D eigenvalue weighted by Crippen LogP contribution is -2.44. The van der Waals surface area contributed by atoms with Crippen LogP contribution in [-0.4, -0.2) is 44.4 Å². The second kappa shape index (κ2) is 9.61. The number of esters is 2. The highest BCUT2D eigenvalue weighted by molar-refractivity contribution is 5.90. The van der Waals surface area contributed by atoms with Gasteiger partial charge in [0, 0.05) is 6.08 Å². The fraction of sp³-hybridized carbons (Fsp3) is 0.421. The van der Waals surface area contributed by atoms with Crippen molar-refractivity contribution < 1.29 is 33.3 Å². The number of hydrogen-bond donors (Lipinski definition) is 1. The van der Waals surface area contributed by atoms with Crippen LogP contribution in [0.4, 0.5) is 0 Å². The van der Waals surface area contributed by atoms with Gasteiger partial charge in [-0.25, -0.2) is 9.59 Å². The number of benzene rings is 1. The van der Waals surface area contributed by atoms with Crippen molar-refractivity contribution in [1.29, 1.82) is 0 Å². The van der Waals surface area contributed by atoms with Crippen LogP contribution in [0.3, 0.4) is 0 Å². The molecule has 1 N–H and O–H groups in total. The minimum absolute atomic E-state index is 0.170. The van der Waals surface area contributed by atoms with Gasteiger partial charge in [-0.15, -0.1) is 0 Å². The Balaban J connectivity index is 1.81. The minimum atomic E-state index is -0.773. The van der Waals surface area contributed by atoms with Crippen molar-refractivity contribution in [3.63, 3.8) is 0 Å². The molecule has 1 aromatic rings. The maximum Gasteiger partial charge on any atom is 0.331 e. The molecule has 27 heavy (non-hydrogen) atoms. The molecule has 1 aliphatic heterocycles. The number of carbonyl (C=O) groups is 3. The molecule has 1 aliphatic rings. The molecular weight excluding hydrogens is 354 g/mol. The van der Waals surface area contributed by atoms with Crippen LogP contribution in [0, 0.1) is 5.92 Å². The third-order valence-corrected chi connectivity index (χ3v) is 3.68. The van der Waals surface area contributed by atoms with Gasteiger partial charge in [0.15, 0.2) is 18.1 Å². The monoisotopic (exact) mass is 377 g/mol. The highest BCUT2D eigenvalue weighted by Gasteiger charge is 2.22. The summed E-state index contributed by atoms with van der Waals surface area (Å²) in [6.07, 6.45) is 3.17. The van der Waals surface area contributed by atoms with E-state index in [1.54, 1.807) is 18.2 Å². The Kier molecular flexibility index (Phi) is 7.22. The molecule has 0 fully saturated rings. The highest BCUT2D eigenvalue weighted by Crippen LogP contribution is 2.32. The molecule has 1 atom stereocenters. The Morgan fingerprint density at radius 2 is 1.96 bits per heavy atom. The summed E-state index contributed by atoms with van der Waals surface area (Å²) in [5, 5.41) is 2.51. The predicted molar refractivity (Wildman–Crippen MR) is 96.0 cm³/mol. The zero-order valence-corrected chi connectivity index (χ0v) is 15.5. The minimum Gasteiger partial charge on any atom is -0.467 e. The lowest BCUT2D eigenvalue weighted by Gasteiger charge is -2.18. The van der Waals surface area contributed by atoms with Crippen LogP contribution < -0.4 is 14.8 Å². The topological polar surface area (TPSA) is 100 Å². The van der Waals surface area contributed by atoms with Crippen LogP contribution in [0.2, 0.25) is 0 Å². The van der Waals surface area contributed by atoms with Crippen molar-refractivity contribution >= 4 is 23.9 Å². The number of amides is 1. The van der Waals surface area contributed by atoms with E-state index in [1.165, 1.54) is 19.3 Å². The average molecular weight is 377 g/mol. The van der Waals surface area contributed by atoms with Crippen LogP contribution in [0.15, 0.2) is 24.3 Å². The molecule has 8 nitrogen and oxygen atoms in total. The number of nitrogens with one attached hydrogen (secondary N) is 1. The zero-order chi connectivity index (χ0) is 19.8. The predicted octanol–water partition coefficient (Wildman–Crippen LogP) is 1.68. The molecule has 0 aliphatic carbocycles. The van der Waals surface area contributed by atoms with E-state index in [0.29, 0.717) is 17.9 Å². The molecule has 8 heteroatoms. The van der Waals surface area contributed by atoms with Gasteiger partial charge in [0.05, 0.1) is 7.11 Å². The largest absolute Gasteiger partial charge is 0.467 e. The zero-order valence-electron chi connectivity index (χ0n) is 15.5. The number of ether oxygens (including phenoxy) is 4. The molecule has 0 bridgehead atoms. The number of methoxy groups -OCH3 is 1. The van der Waals surface area contributed by atoms with Crippen molar-refractivity contribution in [2.75, 3.05) is 20.5 Å². The number of carbonyl (C=O) groups excluding carboxylic acids is 3. The molecule has 2 rings (SSSR count). The SMILES string of the molecule is COC(=O)[C@H](CC(C)C)NC(=O)COC(=O)/C=C/c1ccc2c(c1)OCO2. The summed E-state index contributed by atoms with van der Waals surface area (Å²) in [6.45, 7) is 3.52. The third kappa shape index (κ3) is 6.32. The standard InChI is InChI=1S/C19H23NO7/c1-12(2)8-14(19(23)24-3)20-17(21)10-25-18(22)7-5-13-4-6-15-16(9-13)27-11-26-15/h4-7,9,12,14H,8,10-11H2,1-3H3,(H,20,21)/b7-5+/t14-/m0/s1. The lowest BCUT2D eigenvalue weighted by molar-refractivity contribution is -0.148. The number of hydrogen-bond acceptors (Lipinski definition) is 7. The maximum absolute atomic E-state index is 11.9. The van der Waals surface area contributed by atoms with Gasteiger partial charge in [-0.1, -0.05) is 19.9 Å². The molecule has 1 heterocycles. The molecule has 0 radical (unpaired) electrons. The van der Waals surface area contributed by atoms with E-state index in [0.717, 1.165) is 5.56 Å². The van der Waals surface area contributed by atoms with E-state index in [2.05, 4.69) is 10.1 Å². The third-order valence-electron chi connectivity index (χ3n) is 3.68. The summed E-state index contributed by atoms with van der Waals surface area (Å²) in [6, 6.07) is 4.45. The molecule has 146 valence electrons. The van der Waals surface area contributed by atoms with E-state index in [4.69, 9.17) is 14.2 Å². The first kappa shape index (κ1) is 20.3. The lowest BCUT2D eigenvalue weighted by atomic mass is 10.0. The van der Waals surface area contributed by atoms with Gasteiger partial charge in [-0.3, -0.25) is 4.79 Å². The van der Waals surface area contributed by atoms with Crippen molar-refractivity contribution in [1.82, 2.24) is 5.32 Å². The van der Waals surface area contributed by atoms with Gasteiger partial charge in [-0.05, 0) is 36.1 Å². The Labute approximate surface area is 157 Å². The van der Waals surface area contributed by atoms with Gasteiger partial charge in [0.1, 0.15) is 6.04 Å². The summed E-state index contributed by atoms with van der Waals surface area (Å²) in [4.78, 5) is 35.4. The molecule has 1 aromatic carbocycles. The van der Waals surface area contributed by atoms with Crippen molar-refractivity contribution in [3.05, 3.63) is 29.8 Å². The van der Waals surface area contributed by atoms with E-state index < -0.39 is 30.5 Å². The van der Waals surface area contributed by atoms with Crippen molar-refractivity contribution in [2.24, 2.45) is 5.92 Å². The second-order valence-electron chi connectivity index (χ2n) is 6.33. The Hall–Kier alpha value is -3.03. The van der Waals surface area contributed by atoms with Crippen molar-refractivity contribution in [3.8, 4) is 11.5 Å². The van der Waals surface area contributed by atoms with Gasteiger partial charge in [0.25, 0.3) is 5.91 Å². The fourth-order valence-electron chi connectivity index (χ4n) is 2.43. The Bertz CT molecular complexity index is 727. The van der Waals surface area contributed by atoms with Gasteiger partial charge < -0.3 is 24.3 Å². The Morgan fingerprint density at radius 1 is 1.22 bits per heavy atom. The smallest absolute Gasteiger partial charge is 0.331 e. The van der Waals surface area contributed by atoms with Crippen LogP contribution in [0.5, 0.6) is 11.5 Å². The van der Waals surface area contributed by atoms with Gasteiger partial charge >= 0.3 is 11.9 Å². The summed E-state index contributed by atoms with van der Waals surface area (Å²) < 4.78 is 20.0. The summed E-state index contributed by atoms with van der Waals surface area (Å²) in [5.41, 5.74) is 0.725. The highest BCUT2D eigenvalue weighted by atomic mass is 16.7. The van der Waals surface area contributed by atoms with E-state index >= 15 is 0 Å². The fourth-order valence-corrected chi connectivity index (χ4v) is 2.43. The summed E-state index contributed by atoms with van der Waals surface area (Å²) >= 11 is 0.